The predicted octanol–water partition coefficient (Wildman–Crippen LogP) is 3.36. The normalized spacial score (nSPS) is 29.1. The van der Waals surface area contributed by atoms with Crippen LogP contribution >= 0.6 is 15.9 Å². The Morgan fingerprint density at radius 3 is 3.00 bits per heavy atom. The summed E-state index contributed by atoms with van der Waals surface area (Å²) < 4.78 is 14.6. The molecule has 1 aromatic carbocycles. The number of aliphatic hydroxyl groups is 1. The van der Waals surface area contributed by atoms with Gasteiger partial charge in [-0.05, 0) is 37.5 Å². The van der Waals surface area contributed by atoms with Gasteiger partial charge in [0.2, 0.25) is 0 Å². The van der Waals surface area contributed by atoms with Crippen molar-refractivity contribution in [2.75, 3.05) is 13.1 Å². The molecule has 1 saturated heterocycles. The fourth-order valence-electron chi connectivity index (χ4n) is 3.59. The smallest absolute Gasteiger partial charge is 0.256 e. The molecule has 5 heteroatoms. The van der Waals surface area contributed by atoms with Gasteiger partial charge in [0, 0.05) is 23.5 Å². The van der Waals surface area contributed by atoms with Crippen molar-refractivity contribution < 1.29 is 14.3 Å². The second kappa shape index (κ2) is 5.69. The van der Waals surface area contributed by atoms with Crippen LogP contribution in [0.5, 0.6) is 0 Å². The van der Waals surface area contributed by atoms with Gasteiger partial charge in [-0.2, -0.15) is 0 Å². The topological polar surface area (TPSA) is 40.5 Å². The fourth-order valence-corrected chi connectivity index (χ4v) is 3.95. The van der Waals surface area contributed by atoms with Gasteiger partial charge in [0.1, 0.15) is 5.82 Å². The number of nitrogens with zero attached hydrogens (tertiary/aromatic N) is 1. The van der Waals surface area contributed by atoms with Crippen molar-refractivity contribution in [3.63, 3.8) is 0 Å². The number of piperidine rings is 1. The minimum atomic E-state index is -0.620. The Balaban J connectivity index is 1.79. The quantitative estimate of drug-likeness (QED) is 0.838. The number of fused-ring (bicyclic) bond motifs is 1. The molecular formula is C16H19BrFNO2. The molecule has 21 heavy (non-hydrogen) atoms. The van der Waals surface area contributed by atoms with Gasteiger partial charge in [-0.25, -0.2) is 4.39 Å². The van der Waals surface area contributed by atoms with E-state index in [1.807, 2.05) is 0 Å². The lowest BCUT2D eigenvalue weighted by Crippen LogP contribution is -2.54. The van der Waals surface area contributed by atoms with E-state index in [-0.39, 0.29) is 17.4 Å². The zero-order valence-electron chi connectivity index (χ0n) is 11.8. The Morgan fingerprint density at radius 2 is 2.19 bits per heavy atom. The van der Waals surface area contributed by atoms with E-state index in [9.17, 15) is 14.3 Å². The van der Waals surface area contributed by atoms with Gasteiger partial charge >= 0.3 is 0 Å². The van der Waals surface area contributed by atoms with Crippen molar-refractivity contribution in [2.45, 2.75) is 37.7 Å². The minimum absolute atomic E-state index is 0.102. The van der Waals surface area contributed by atoms with Crippen LogP contribution in [0.25, 0.3) is 0 Å². The zero-order valence-corrected chi connectivity index (χ0v) is 13.4. The van der Waals surface area contributed by atoms with Gasteiger partial charge in [-0.3, -0.25) is 4.79 Å². The van der Waals surface area contributed by atoms with Crippen LogP contribution in [0, 0.1) is 11.7 Å². The third-order valence-corrected chi connectivity index (χ3v) is 5.37. The summed E-state index contributed by atoms with van der Waals surface area (Å²) in [5.74, 6) is -0.645. The van der Waals surface area contributed by atoms with E-state index in [1.165, 1.54) is 12.1 Å². The van der Waals surface area contributed by atoms with Gasteiger partial charge in [0.15, 0.2) is 0 Å². The Morgan fingerprint density at radius 1 is 1.38 bits per heavy atom. The SMILES string of the molecule is O=C(c1cc(Br)ccc1F)N1CCC2(O)CCCCC2C1. The number of halogens is 2. The van der Waals surface area contributed by atoms with Crippen molar-refractivity contribution in [1.29, 1.82) is 0 Å². The van der Waals surface area contributed by atoms with E-state index in [2.05, 4.69) is 15.9 Å². The van der Waals surface area contributed by atoms with Crippen LogP contribution in [0.3, 0.4) is 0 Å². The summed E-state index contributed by atoms with van der Waals surface area (Å²) in [7, 11) is 0. The molecule has 1 saturated carbocycles. The molecule has 0 radical (unpaired) electrons. The van der Waals surface area contributed by atoms with Gasteiger partial charge in [0.05, 0.1) is 11.2 Å². The summed E-state index contributed by atoms with van der Waals surface area (Å²) in [4.78, 5) is 14.2. The number of rotatable bonds is 1. The summed E-state index contributed by atoms with van der Waals surface area (Å²) in [6, 6.07) is 4.42. The number of amides is 1. The third-order valence-electron chi connectivity index (χ3n) is 4.87. The van der Waals surface area contributed by atoms with Crippen LogP contribution in [0.4, 0.5) is 4.39 Å². The molecule has 2 atom stereocenters. The molecule has 0 aromatic heterocycles. The number of carbonyl (C=O) groups is 1. The zero-order chi connectivity index (χ0) is 15.0. The number of carbonyl (C=O) groups excluding carboxylic acids is 1. The van der Waals surface area contributed by atoms with Crippen molar-refractivity contribution in [3.05, 3.63) is 34.1 Å². The number of benzene rings is 1. The number of hydrogen-bond donors (Lipinski definition) is 1. The van der Waals surface area contributed by atoms with E-state index >= 15 is 0 Å². The lowest BCUT2D eigenvalue weighted by atomic mass is 9.71. The van der Waals surface area contributed by atoms with Crippen LogP contribution in [0.1, 0.15) is 42.5 Å². The highest BCUT2D eigenvalue weighted by Crippen LogP contribution is 2.40. The first-order valence-corrected chi connectivity index (χ1v) is 8.26. The van der Waals surface area contributed by atoms with Crippen LogP contribution in [-0.2, 0) is 0 Å². The monoisotopic (exact) mass is 355 g/mol. The molecule has 1 amide bonds. The van der Waals surface area contributed by atoms with Gasteiger partial charge in [-0.15, -0.1) is 0 Å². The molecule has 114 valence electrons. The lowest BCUT2D eigenvalue weighted by Gasteiger charge is -2.47. The maximum Gasteiger partial charge on any atom is 0.256 e. The number of likely N-dealkylation sites (tertiary alicyclic amines) is 1. The maximum absolute atomic E-state index is 13.9. The summed E-state index contributed by atoms with van der Waals surface area (Å²) in [5, 5.41) is 10.6. The molecule has 2 fully saturated rings. The van der Waals surface area contributed by atoms with E-state index in [4.69, 9.17) is 0 Å². The van der Waals surface area contributed by atoms with Crippen molar-refractivity contribution >= 4 is 21.8 Å². The molecule has 1 N–H and O–H groups in total. The Labute approximate surface area is 132 Å². The first-order chi connectivity index (χ1) is 9.99. The summed E-state index contributed by atoms with van der Waals surface area (Å²) in [6.07, 6.45) is 4.52. The third kappa shape index (κ3) is 2.86. The van der Waals surface area contributed by atoms with Gasteiger partial charge in [0.25, 0.3) is 5.91 Å². The molecule has 3 nitrogen and oxygen atoms in total. The molecule has 2 aliphatic rings. The van der Waals surface area contributed by atoms with Crippen LogP contribution in [-0.4, -0.2) is 34.6 Å². The number of hydrogen-bond acceptors (Lipinski definition) is 2. The first-order valence-electron chi connectivity index (χ1n) is 7.46. The Bertz CT molecular complexity index is 565. The average Bonchev–Trinajstić information content (AvgIpc) is 2.48. The molecule has 0 bridgehead atoms. The van der Waals surface area contributed by atoms with Crippen LogP contribution < -0.4 is 0 Å². The van der Waals surface area contributed by atoms with Crippen LogP contribution in [0.2, 0.25) is 0 Å². The molecule has 3 rings (SSSR count). The largest absolute Gasteiger partial charge is 0.389 e. The molecule has 1 heterocycles. The first kappa shape index (κ1) is 15.0. The van der Waals surface area contributed by atoms with E-state index < -0.39 is 11.4 Å². The Hall–Kier alpha value is -0.940. The molecular weight excluding hydrogens is 337 g/mol. The maximum atomic E-state index is 13.9. The van der Waals surface area contributed by atoms with Gasteiger partial charge in [-0.1, -0.05) is 28.8 Å². The second-order valence-corrected chi connectivity index (χ2v) is 7.09. The highest BCUT2D eigenvalue weighted by atomic mass is 79.9. The van der Waals surface area contributed by atoms with Crippen molar-refractivity contribution in [3.8, 4) is 0 Å². The molecule has 0 spiro atoms. The molecule has 1 aliphatic heterocycles. The fraction of sp³-hybridized carbons (Fsp3) is 0.562. The summed E-state index contributed by atoms with van der Waals surface area (Å²) in [6.45, 7) is 1.03. The van der Waals surface area contributed by atoms with E-state index in [1.54, 1.807) is 11.0 Å². The highest BCUT2D eigenvalue weighted by molar-refractivity contribution is 9.10. The van der Waals surface area contributed by atoms with Crippen molar-refractivity contribution in [1.82, 2.24) is 4.90 Å². The summed E-state index contributed by atoms with van der Waals surface area (Å²) in [5.41, 5.74) is -0.518. The van der Waals surface area contributed by atoms with Crippen molar-refractivity contribution in [2.24, 2.45) is 5.92 Å². The lowest BCUT2D eigenvalue weighted by molar-refractivity contribution is -0.0886. The Kier molecular flexibility index (Phi) is 4.06. The molecule has 1 aromatic rings. The highest BCUT2D eigenvalue weighted by Gasteiger charge is 2.44. The molecule has 2 unspecified atom stereocenters. The average molecular weight is 356 g/mol. The second-order valence-electron chi connectivity index (χ2n) is 6.17. The minimum Gasteiger partial charge on any atom is -0.389 e. The van der Waals surface area contributed by atoms with Crippen LogP contribution in [0.15, 0.2) is 22.7 Å². The van der Waals surface area contributed by atoms with Gasteiger partial charge < -0.3 is 10.0 Å². The molecule has 1 aliphatic carbocycles. The summed E-state index contributed by atoms with van der Waals surface area (Å²) >= 11 is 3.28. The predicted molar refractivity (Wildman–Crippen MR) is 81.5 cm³/mol. The van der Waals surface area contributed by atoms with E-state index in [0.717, 1.165) is 25.7 Å². The standard InChI is InChI=1S/C16H19BrFNO2/c17-12-4-5-14(18)13(9-12)15(20)19-8-7-16(21)6-2-1-3-11(16)10-19/h4-5,9,11,21H,1-3,6-8,10H2. The van der Waals surface area contributed by atoms with E-state index in [0.29, 0.717) is 24.0 Å².